The molecule has 0 aliphatic heterocycles. The van der Waals surface area contributed by atoms with Crippen molar-refractivity contribution in [3.63, 3.8) is 0 Å². The molecule has 4 aliphatic carbocycles. The minimum Gasteiger partial charge on any atom is -0.298 e. The first-order valence-corrected chi connectivity index (χ1v) is 5.08. The summed E-state index contributed by atoms with van der Waals surface area (Å²) in [6, 6.07) is 0. The fourth-order valence-corrected chi connectivity index (χ4v) is 3.64. The van der Waals surface area contributed by atoms with Gasteiger partial charge in [0, 0.05) is 11.8 Å². The lowest BCUT2D eigenvalue weighted by molar-refractivity contribution is -0.123. The third-order valence-electron chi connectivity index (χ3n) is 4.44. The van der Waals surface area contributed by atoms with Crippen molar-refractivity contribution in [3.05, 3.63) is 12.2 Å². The van der Waals surface area contributed by atoms with Gasteiger partial charge in [-0.2, -0.15) is 0 Å². The van der Waals surface area contributed by atoms with Gasteiger partial charge < -0.3 is 0 Å². The van der Waals surface area contributed by atoms with Gasteiger partial charge in [0.1, 0.15) is 5.78 Å². The van der Waals surface area contributed by atoms with E-state index >= 15 is 0 Å². The summed E-state index contributed by atoms with van der Waals surface area (Å²) in [6.45, 7) is 0. The third kappa shape index (κ3) is 0.502. The van der Waals surface area contributed by atoms with Gasteiger partial charge in [-0.15, -0.1) is 0 Å². The number of allylic oxidation sites excluding steroid dienone is 2. The topological polar surface area (TPSA) is 17.1 Å². The second kappa shape index (κ2) is 1.55. The lowest BCUT2D eigenvalue weighted by Gasteiger charge is -2.06. The van der Waals surface area contributed by atoms with Crippen LogP contribution >= 0.6 is 0 Å². The average molecular weight is 160 g/mol. The van der Waals surface area contributed by atoms with E-state index in [0.29, 0.717) is 17.6 Å². The van der Waals surface area contributed by atoms with Crippen LogP contribution in [-0.2, 0) is 4.79 Å². The number of carbonyl (C=O) groups excluding carboxylic acids is 1. The fraction of sp³-hybridized carbons (Fsp3) is 0.727. The van der Waals surface area contributed by atoms with Gasteiger partial charge in [0.25, 0.3) is 0 Å². The standard InChI is InChI=1S/C11H12O/c12-11-5-1-2-6(11)8-4-10(8)9-3-7(5)9/h1-2,5-10H,3-4H2. The Hall–Kier alpha value is -0.590. The minimum atomic E-state index is 0.354. The van der Waals surface area contributed by atoms with E-state index in [4.69, 9.17) is 0 Å². The Bertz CT molecular complexity index is 276. The van der Waals surface area contributed by atoms with Gasteiger partial charge in [-0.05, 0) is 36.5 Å². The fourth-order valence-electron chi connectivity index (χ4n) is 3.64. The van der Waals surface area contributed by atoms with E-state index in [0.717, 1.165) is 23.7 Å². The summed E-state index contributed by atoms with van der Waals surface area (Å²) in [5, 5.41) is 0. The molecule has 3 fully saturated rings. The van der Waals surface area contributed by atoms with Crippen LogP contribution in [0.4, 0.5) is 0 Å². The Kier molecular flexibility index (Phi) is 0.768. The smallest absolute Gasteiger partial charge is 0.147 e. The van der Waals surface area contributed by atoms with Crippen LogP contribution in [0, 0.1) is 35.5 Å². The third-order valence-corrected chi connectivity index (χ3v) is 4.44. The Morgan fingerprint density at radius 2 is 1.42 bits per heavy atom. The summed E-state index contributed by atoms with van der Waals surface area (Å²) < 4.78 is 0. The molecule has 6 atom stereocenters. The van der Waals surface area contributed by atoms with Gasteiger partial charge in [-0.25, -0.2) is 0 Å². The molecule has 0 spiro atoms. The normalized spacial score (nSPS) is 63.8. The number of hydrogen-bond acceptors (Lipinski definition) is 1. The van der Waals surface area contributed by atoms with Crippen molar-refractivity contribution in [3.8, 4) is 0 Å². The molecular formula is C11H12O. The largest absolute Gasteiger partial charge is 0.298 e. The van der Waals surface area contributed by atoms with E-state index in [1.165, 1.54) is 12.8 Å². The minimum absolute atomic E-state index is 0.354. The zero-order valence-electron chi connectivity index (χ0n) is 6.94. The number of rotatable bonds is 0. The van der Waals surface area contributed by atoms with E-state index in [1.54, 1.807) is 0 Å². The van der Waals surface area contributed by atoms with Crippen molar-refractivity contribution in [2.45, 2.75) is 12.8 Å². The van der Waals surface area contributed by atoms with Gasteiger partial charge in [0.15, 0.2) is 0 Å². The van der Waals surface area contributed by atoms with Gasteiger partial charge in [0.2, 0.25) is 0 Å². The Morgan fingerprint density at radius 3 is 1.92 bits per heavy atom. The molecule has 0 N–H and O–H groups in total. The molecule has 4 aliphatic rings. The zero-order valence-corrected chi connectivity index (χ0v) is 6.94. The van der Waals surface area contributed by atoms with Crippen LogP contribution in [0.25, 0.3) is 0 Å². The number of Topliss-reactive ketones (excluding diaryl/α,β-unsaturated/α-hetero) is 1. The Labute approximate surface area is 71.8 Å². The van der Waals surface area contributed by atoms with Crippen molar-refractivity contribution >= 4 is 5.78 Å². The molecule has 12 heavy (non-hydrogen) atoms. The van der Waals surface area contributed by atoms with Gasteiger partial charge in [-0.3, -0.25) is 4.79 Å². The van der Waals surface area contributed by atoms with E-state index in [1.807, 2.05) is 0 Å². The predicted octanol–water partition coefficient (Wildman–Crippen LogP) is 1.64. The maximum Gasteiger partial charge on any atom is 0.147 e. The van der Waals surface area contributed by atoms with Crippen LogP contribution < -0.4 is 0 Å². The van der Waals surface area contributed by atoms with Crippen LogP contribution in [0.15, 0.2) is 12.2 Å². The van der Waals surface area contributed by atoms with Crippen molar-refractivity contribution in [2.75, 3.05) is 0 Å². The molecule has 0 radical (unpaired) electrons. The van der Waals surface area contributed by atoms with E-state index in [2.05, 4.69) is 12.2 Å². The molecule has 0 saturated heterocycles. The van der Waals surface area contributed by atoms with Crippen molar-refractivity contribution in [2.24, 2.45) is 35.5 Å². The molecule has 3 saturated carbocycles. The number of carbonyl (C=O) groups is 1. The highest BCUT2D eigenvalue weighted by atomic mass is 16.1. The molecule has 0 aromatic carbocycles. The summed E-state index contributed by atoms with van der Waals surface area (Å²) in [5.74, 6) is 4.73. The maximum absolute atomic E-state index is 11.8. The first-order chi connectivity index (χ1) is 5.86. The predicted molar refractivity (Wildman–Crippen MR) is 44.3 cm³/mol. The van der Waals surface area contributed by atoms with E-state index in [-0.39, 0.29) is 0 Å². The molecule has 6 unspecified atom stereocenters. The summed E-state index contributed by atoms with van der Waals surface area (Å²) in [5.41, 5.74) is 0. The van der Waals surface area contributed by atoms with E-state index in [9.17, 15) is 4.79 Å². The molecule has 0 aromatic rings. The van der Waals surface area contributed by atoms with Crippen LogP contribution in [0.5, 0.6) is 0 Å². The first kappa shape index (κ1) is 5.95. The molecule has 1 heteroatoms. The summed E-state index contributed by atoms with van der Waals surface area (Å²) >= 11 is 0. The SMILES string of the molecule is O=C1C2C=CC1C1CC1C1CC21. The van der Waals surface area contributed by atoms with Crippen molar-refractivity contribution in [1.82, 2.24) is 0 Å². The second-order valence-corrected chi connectivity index (χ2v) is 4.97. The molecule has 1 nitrogen and oxygen atoms in total. The molecular weight excluding hydrogens is 148 g/mol. The highest BCUT2D eigenvalue weighted by molar-refractivity contribution is 5.91. The van der Waals surface area contributed by atoms with Crippen LogP contribution in [0.3, 0.4) is 0 Å². The quantitative estimate of drug-likeness (QED) is 0.492. The number of hydrogen-bond donors (Lipinski definition) is 0. The molecule has 2 bridgehead atoms. The number of ketones is 1. The van der Waals surface area contributed by atoms with Crippen molar-refractivity contribution in [1.29, 1.82) is 0 Å². The monoisotopic (exact) mass is 160 g/mol. The van der Waals surface area contributed by atoms with Crippen molar-refractivity contribution < 1.29 is 4.79 Å². The molecule has 4 rings (SSSR count). The number of fused-ring (bicyclic) bond motifs is 7. The lowest BCUT2D eigenvalue weighted by atomic mass is 9.96. The first-order valence-electron chi connectivity index (χ1n) is 5.08. The van der Waals surface area contributed by atoms with Crippen LogP contribution in [0.2, 0.25) is 0 Å². The maximum atomic E-state index is 11.8. The molecule has 0 aromatic heterocycles. The summed E-state index contributed by atoms with van der Waals surface area (Å²) in [6.07, 6.45) is 7.11. The lowest BCUT2D eigenvalue weighted by Crippen LogP contribution is -2.17. The Morgan fingerprint density at radius 1 is 0.917 bits per heavy atom. The van der Waals surface area contributed by atoms with E-state index < -0.39 is 0 Å². The van der Waals surface area contributed by atoms with Gasteiger partial charge in [-0.1, -0.05) is 12.2 Å². The van der Waals surface area contributed by atoms with Gasteiger partial charge >= 0.3 is 0 Å². The average Bonchev–Trinajstić information content (AvgIpc) is 2.87. The van der Waals surface area contributed by atoms with Crippen LogP contribution in [0.1, 0.15) is 12.8 Å². The highest BCUT2D eigenvalue weighted by Gasteiger charge is 2.64. The summed E-state index contributed by atoms with van der Waals surface area (Å²) in [4.78, 5) is 11.8. The van der Waals surface area contributed by atoms with Crippen LogP contribution in [-0.4, -0.2) is 5.78 Å². The highest BCUT2D eigenvalue weighted by Crippen LogP contribution is 2.67. The molecule has 0 amide bonds. The summed E-state index contributed by atoms with van der Waals surface area (Å²) in [7, 11) is 0. The van der Waals surface area contributed by atoms with Gasteiger partial charge in [0.05, 0.1) is 0 Å². The molecule has 62 valence electrons. The second-order valence-electron chi connectivity index (χ2n) is 4.97. The zero-order chi connectivity index (χ0) is 7.87. The Balaban J connectivity index is 1.86. The molecule has 0 heterocycles.